The SMILES string of the molecule is COCCOC(=O)c1sc2ncnc(Nc3ccc(N4CCN(C)CC4)cc3)c2c1C. The van der Waals surface area contributed by atoms with Gasteiger partial charge in [0, 0.05) is 44.7 Å². The van der Waals surface area contributed by atoms with E-state index in [0.29, 0.717) is 17.3 Å². The first-order chi connectivity index (χ1) is 15.1. The number of fused-ring (bicyclic) bond motifs is 1. The monoisotopic (exact) mass is 441 g/mol. The van der Waals surface area contributed by atoms with E-state index in [-0.39, 0.29) is 12.6 Å². The number of piperazine rings is 1. The molecule has 1 fully saturated rings. The molecule has 3 aromatic rings. The maximum absolute atomic E-state index is 12.4. The third-order valence-corrected chi connectivity index (χ3v) is 6.61. The van der Waals surface area contributed by atoms with Crippen LogP contribution in [0.4, 0.5) is 17.2 Å². The number of carbonyl (C=O) groups is 1. The number of hydrogen-bond donors (Lipinski definition) is 1. The third kappa shape index (κ3) is 4.79. The number of carbonyl (C=O) groups excluding carboxylic acids is 1. The molecule has 0 spiro atoms. The Labute approximate surface area is 185 Å². The zero-order valence-corrected chi connectivity index (χ0v) is 18.9. The van der Waals surface area contributed by atoms with Crippen molar-refractivity contribution in [3.63, 3.8) is 0 Å². The van der Waals surface area contributed by atoms with Gasteiger partial charge in [-0.3, -0.25) is 0 Å². The van der Waals surface area contributed by atoms with Crippen molar-refractivity contribution >= 4 is 44.7 Å². The summed E-state index contributed by atoms with van der Waals surface area (Å²) in [6.07, 6.45) is 1.51. The van der Waals surface area contributed by atoms with Crippen LogP contribution in [0.1, 0.15) is 15.2 Å². The van der Waals surface area contributed by atoms with Crippen LogP contribution in [0.2, 0.25) is 0 Å². The molecule has 0 bridgehead atoms. The number of ether oxygens (including phenoxy) is 2. The van der Waals surface area contributed by atoms with Crippen LogP contribution in [0.5, 0.6) is 0 Å². The Hall–Kier alpha value is -2.75. The minimum atomic E-state index is -0.361. The Balaban J connectivity index is 1.52. The quantitative estimate of drug-likeness (QED) is 0.442. The zero-order valence-electron chi connectivity index (χ0n) is 18.1. The fraction of sp³-hybridized carbons (Fsp3) is 0.409. The highest BCUT2D eigenvalue weighted by Crippen LogP contribution is 2.35. The van der Waals surface area contributed by atoms with E-state index in [1.165, 1.54) is 23.4 Å². The van der Waals surface area contributed by atoms with Gasteiger partial charge in [0.05, 0.1) is 12.0 Å². The van der Waals surface area contributed by atoms with Crippen LogP contribution in [-0.4, -0.2) is 74.4 Å². The fourth-order valence-electron chi connectivity index (χ4n) is 3.60. The van der Waals surface area contributed by atoms with Crippen LogP contribution in [-0.2, 0) is 9.47 Å². The molecule has 3 heterocycles. The second kappa shape index (κ2) is 9.59. The number of hydrogen-bond acceptors (Lipinski definition) is 9. The zero-order chi connectivity index (χ0) is 21.8. The number of likely N-dealkylation sites (N-methyl/N-ethyl adjacent to an activating group) is 1. The standard InChI is InChI=1S/C22H27N5O3S/c1-15-18-20(23-14-24-21(18)31-19(15)22(28)30-13-12-29-3)25-16-4-6-17(7-5-16)27-10-8-26(2)9-11-27/h4-7,14H,8-13H2,1-3H3,(H,23,24,25). The molecule has 31 heavy (non-hydrogen) atoms. The summed E-state index contributed by atoms with van der Waals surface area (Å²) in [5.74, 6) is 0.321. The molecule has 4 rings (SSSR count). The first-order valence-corrected chi connectivity index (χ1v) is 11.1. The van der Waals surface area contributed by atoms with Crippen molar-refractivity contribution in [2.75, 3.05) is 63.8 Å². The number of nitrogens with zero attached hydrogens (tertiary/aromatic N) is 4. The Morgan fingerprint density at radius 2 is 1.87 bits per heavy atom. The number of methoxy groups -OCH3 is 1. The number of rotatable bonds is 7. The molecule has 1 aliphatic heterocycles. The molecule has 8 nitrogen and oxygen atoms in total. The average molecular weight is 442 g/mol. The predicted octanol–water partition coefficient (Wildman–Crippen LogP) is 3.30. The van der Waals surface area contributed by atoms with Gasteiger partial charge in [-0.15, -0.1) is 11.3 Å². The number of thiophene rings is 1. The number of aryl methyl sites for hydroxylation is 1. The molecule has 1 aromatic carbocycles. The molecule has 0 amide bonds. The van der Waals surface area contributed by atoms with Gasteiger partial charge in [0.2, 0.25) is 0 Å². The minimum absolute atomic E-state index is 0.222. The highest BCUT2D eigenvalue weighted by molar-refractivity contribution is 7.20. The Morgan fingerprint density at radius 1 is 1.13 bits per heavy atom. The Kier molecular flexibility index (Phi) is 6.64. The van der Waals surface area contributed by atoms with Gasteiger partial charge in [0.25, 0.3) is 0 Å². The van der Waals surface area contributed by atoms with E-state index in [1.807, 2.05) is 6.92 Å². The van der Waals surface area contributed by atoms with Gasteiger partial charge >= 0.3 is 5.97 Å². The molecule has 2 aromatic heterocycles. The Bertz CT molecular complexity index is 1050. The smallest absolute Gasteiger partial charge is 0.348 e. The van der Waals surface area contributed by atoms with E-state index in [2.05, 4.69) is 56.4 Å². The second-order valence-corrected chi connectivity index (χ2v) is 8.55. The highest BCUT2D eigenvalue weighted by atomic mass is 32.1. The normalized spacial score (nSPS) is 14.7. The van der Waals surface area contributed by atoms with Gasteiger partial charge in [-0.05, 0) is 43.8 Å². The maximum Gasteiger partial charge on any atom is 0.348 e. The molecule has 0 radical (unpaired) electrons. The summed E-state index contributed by atoms with van der Waals surface area (Å²) in [5.41, 5.74) is 2.98. The molecule has 1 aliphatic rings. The van der Waals surface area contributed by atoms with E-state index in [0.717, 1.165) is 47.6 Å². The number of anilines is 3. The lowest BCUT2D eigenvalue weighted by molar-refractivity contribution is 0.0393. The van der Waals surface area contributed by atoms with Crippen molar-refractivity contribution in [1.29, 1.82) is 0 Å². The predicted molar refractivity (Wildman–Crippen MR) is 124 cm³/mol. The summed E-state index contributed by atoms with van der Waals surface area (Å²) >= 11 is 1.32. The topological polar surface area (TPSA) is 79.8 Å². The molecule has 1 saturated heterocycles. The van der Waals surface area contributed by atoms with E-state index < -0.39 is 0 Å². The van der Waals surface area contributed by atoms with Crippen molar-refractivity contribution in [2.24, 2.45) is 0 Å². The van der Waals surface area contributed by atoms with Crippen LogP contribution < -0.4 is 10.2 Å². The minimum Gasteiger partial charge on any atom is -0.459 e. The number of esters is 1. The highest BCUT2D eigenvalue weighted by Gasteiger charge is 2.21. The Morgan fingerprint density at radius 3 is 2.58 bits per heavy atom. The van der Waals surface area contributed by atoms with Crippen LogP contribution in [0.25, 0.3) is 10.2 Å². The lowest BCUT2D eigenvalue weighted by atomic mass is 10.2. The van der Waals surface area contributed by atoms with Gasteiger partial charge in [-0.1, -0.05) is 0 Å². The van der Waals surface area contributed by atoms with Gasteiger partial charge < -0.3 is 24.6 Å². The summed E-state index contributed by atoms with van der Waals surface area (Å²) < 4.78 is 10.2. The van der Waals surface area contributed by atoms with E-state index in [9.17, 15) is 4.79 Å². The van der Waals surface area contributed by atoms with Crippen LogP contribution >= 0.6 is 11.3 Å². The first-order valence-electron chi connectivity index (χ1n) is 10.3. The fourth-order valence-corrected chi connectivity index (χ4v) is 4.64. The number of aromatic nitrogens is 2. The third-order valence-electron chi connectivity index (χ3n) is 5.43. The molecule has 9 heteroatoms. The molecule has 0 aliphatic carbocycles. The van der Waals surface area contributed by atoms with Crippen LogP contribution in [0.3, 0.4) is 0 Å². The van der Waals surface area contributed by atoms with Crippen molar-refractivity contribution in [3.05, 3.63) is 41.0 Å². The van der Waals surface area contributed by atoms with E-state index >= 15 is 0 Å². The number of benzene rings is 1. The molecule has 0 saturated carbocycles. The molecule has 164 valence electrons. The lowest BCUT2D eigenvalue weighted by Gasteiger charge is -2.34. The van der Waals surface area contributed by atoms with Crippen molar-refractivity contribution in [1.82, 2.24) is 14.9 Å². The van der Waals surface area contributed by atoms with E-state index in [4.69, 9.17) is 9.47 Å². The van der Waals surface area contributed by atoms with E-state index in [1.54, 1.807) is 7.11 Å². The number of nitrogens with one attached hydrogen (secondary N) is 1. The van der Waals surface area contributed by atoms with Gasteiger partial charge in [0.1, 0.15) is 28.5 Å². The van der Waals surface area contributed by atoms with Crippen LogP contribution in [0, 0.1) is 6.92 Å². The summed E-state index contributed by atoms with van der Waals surface area (Å²) in [6.45, 7) is 6.71. The largest absolute Gasteiger partial charge is 0.459 e. The van der Waals surface area contributed by atoms with Crippen molar-refractivity contribution < 1.29 is 14.3 Å². The van der Waals surface area contributed by atoms with Gasteiger partial charge in [0.15, 0.2) is 0 Å². The summed E-state index contributed by atoms with van der Waals surface area (Å²) in [7, 11) is 3.73. The summed E-state index contributed by atoms with van der Waals surface area (Å²) in [5, 5.41) is 4.23. The summed E-state index contributed by atoms with van der Waals surface area (Å²) in [4.78, 5) is 27.3. The molecule has 1 N–H and O–H groups in total. The molecule has 0 unspecified atom stereocenters. The summed E-state index contributed by atoms with van der Waals surface area (Å²) in [6, 6.07) is 8.38. The van der Waals surface area contributed by atoms with Gasteiger partial charge in [-0.2, -0.15) is 0 Å². The second-order valence-electron chi connectivity index (χ2n) is 7.55. The first kappa shape index (κ1) is 21.5. The van der Waals surface area contributed by atoms with Gasteiger partial charge in [-0.25, -0.2) is 14.8 Å². The molecular formula is C22H27N5O3S. The van der Waals surface area contributed by atoms with Crippen molar-refractivity contribution in [2.45, 2.75) is 6.92 Å². The van der Waals surface area contributed by atoms with Crippen molar-refractivity contribution in [3.8, 4) is 0 Å². The lowest BCUT2D eigenvalue weighted by Crippen LogP contribution is -2.44. The van der Waals surface area contributed by atoms with Crippen LogP contribution in [0.15, 0.2) is 30.6 Å². The average Bonchev–Trinajstić information content (AvgIpc) is 3.13. The molecule has 0 atom stereocenters. The molecular weight excluding hydrogens is 414 g/mol. The maximum atomic E-state index is 12.4.